The number of carbonyl (C=O) groups is 2. The molecule has 1 heterocycles. The van der Waals surface area contributed by atoms with Crippen molar-refractivity contribution in [3.8, 4) is 0 Å². The van der Waals surface area contributed by atoms with Crippen molar-refractivity contribution in [2.75, 3.05) is 26.0 Å². The van der Waals surface area contributed by atoms with Crippen LogP contribution in [0, 0.1) is 0 Å². The van der Waals surface area contributed by atoms with Gasteiger partial charge in [-0.25, -0.2) is 12.7 Å². The molecular formula is C25H22N2O5S. The standard InChI is InChI=1S/C25H22N2O5S/c1-27(2)33(30,31)19-12-8-11-18(15-19)21(28)16-26-23-20-13-6-7-14-22(20)32-25(23)24(29)17-9-4-3-5-10-17/h3-15,26H,16H2,1-2H3. The van der Waals surface area contributed by atoms with Crippen LogP contribution in [0.2, 0.25) is 0 Å². The summed E-state index contributed by atoms with van der Waals surface area (Å²) in [5.74, 6) is -0.519. The summed E-state index contributed by atoms with van der Waals surface area (Å²) in [4.78, 5) is 26.0. The van der Waals surface area contributed by atoms with Gasteiger partial charge in [-0.15, -0.1) is 0 Å². The molecule has 4 aromatic rings. The van der Waals surface area contributed by atoms with Crippen molar-refractivity contribution in [1.82, 2.24) is 4.31 Å². The molecule has 0 aliphatic carbocycles. The minimum atomic E-state index is -3.67. The van der Waals surface area contributed by atoms with Crippen LogP contribution in [0.4, 0.5) is 5.69 Å². The van der Waals surface area contributed by atoms with Crippen molar-refractivity contribution >= 4 is 38.2 Å². The fraction of sp³-hybridized carbons (Fsp3) is 0.120. The molecule has 1 N–H and O–H groups in total. The number of rotatable bonds is 8. The van der Waals surface area contributed by atoms with E-state index in [1.165, 1.54) is 32.3 Å². The van der Waals surface area contributed by atoms with Crippen LogP contribution in [-0.4, -0.2) is 44.9 Å². The largest absolute Gasteiger partial charge is 0.450 e. The number of para-hydroxylation sites is 1. The molecule has 7 nitrogen and oxygen atoms in total. The first kappa shape index (κ1) is 22.4. The van der Waals surface area contributed by atoms with E-state index in [9.17, 15) is 18.0 Å². The van der Waals surface area contributed by atoms with Gasteiger partial charge >= 0.3 is 0 Å². The van der Waals surface area contributed by atoms with Gasteiger partial charge in [-0.1, -0.05) is 54.6 Å². The van der Waals surface area contributed by atoms with Crippen molar-refractivity contribution in [3.05, 3.63) is 95.7 Å². The Morgan fingerprint density at radius 1 is 0.879 bits per heavy atom. The maximum Gasteiger partial charge on any atom is 0.242 e. The molecular weight excluding hydrogens is 440 g/mol. The number of sulfonamides is 1. The highest BCUT2D eigenvalue weighted by atomic mass is 32.2. The van der Waals surface area contributed by atoms with Gasteiger partial charge in [0.05, 0.1) is 17.1 Å². The number of carbonyl (C=O) groups excluding carboxylic acids is 2. The summed E-state index contributed by atoms with van der Waals surface area (Å²) in [6.45, 7) is -0.149. The fourth-order valence-electron chi connectivity index (χ4n) is 3.41. The zero-order valence-electron chi connectivity index (χ0n) is 18.1. The Morgan fingerprint density at radius 2 is 1.55 bits per heavy atom. The summed E-state index contributed by atoms with van der Waals surface area (Å²) in [6.07, 6.45) is 0. The van der Waals surface area contributed by atoms with Crippen LogP contribution >= 0.6 is 0 Å². The number of ketones is 2. The van der Waals surface area contributed by atoms with Crippen LogP contribution in [-0.2, 0) is 10.0 Å². The molecule has 3 aromatic carbocycles. The molecule has 0 amide bonds. The van der Waals surface area contributed by atoms with Gasteiger partial charge in [-0.3, -0.25) is 9.59 Å². The number of benzene rings is 3. The zero-order chi connectivity index (χ0) is 23.6. The number of Topliss-reactive ketones (excluding diaryl/α,β-unsaturated/α-hetero) is 1. The molecule has 0 atom stereocenters. The molecule has 33 heavy (non-hydrogen) atoms. The summed E-state index contributed by atoms with van der Waals surface area (Å²) in [5, 5.41) is 3.72. The van der Waals surface area contributed by atoms with Crippen LogP contribution in [0.3, 0.4) is 0 Å². The average molecular weight is 463 g/mol. The summed E-state index contributed by atoms with van der Waals surface area (Å²) in [7, 11) is -0.805. The Kier molecular flexibility index (Phi) is 6.13. The van der Waals surface area contributed by atoms with Gasteiger partial charge < -0.3 is 9.73 Å². The number of furan rings is 1. The molecule has 1 aromatic heterocycles. The van der Waals surface area contributed by atoms with Crippen molar-refractivity contribution in [2.45, 2.75) is 4.90 Å². The minimum absolute atomic E-state index is 0.0343. The second-order valence-electron chi connectivity index (χ2n) is 7.59. The monoisotopic (exact) mass is 462 g/mol. The molecule has 0 aliphatic rings. The normalized spacial score (nSPS) is 11.6. The van der Waals surface area contributed by atoms with Gasteiger partial charge in [0.1, 0.15) is 5.58 Å². The van der Waals surface area contributed by atoms with E-state index in [1.54, 1.807) is 48.5 Å². The van der Waals surface area contributed by atoms with E-state index in [1.807, 2.05) is 12.1 Å². The molecule has 0 spiro atoms. The van der Waals surface area contributed by atoms with E-state index in [0.717, 1.165) is 4.31 Å². The lowest BCUT2D eigenvalue weighted by molar-refractivity contribution is 0.0997. The van der Waals surface area contributed by atoms with E-state index in [2.05, 4.69) is 5.32 Å². The number of anilines is 1. The first-order valence-corrected chi connectivity index (χ1v) is 11.6. The fourth-order valence-corrected chi connectivity index (χ4v) is 4.36. The van der Waals surface area contributed by atoms with Gasteiger partial charge in [0.25, 0.3) is 0 Å². The van der Waals surface area contributed by atoms with Crippen molar-refractivity contribution in [3.63, 3.8) is 0 Å². The summed E-state index contributed by atoms with van der Waals surface area (Å²) >= 11 is 0. The van der Waals surface area contributed by atoms with Gasteiger partial charge in [0, 0.05) is 30.6 Å². The molecule has 0 radical (unpaired) electrons. The van der Waals surface area contributed by atoms with Crippen LogP contribution in [0.25, 0.3) is 11.0 Å². The summed E-state index contributed by atoms with van der Waals surface area (Å²) in [6, 6.07) is 21.8. The Labute approximate surface area is 191 Å². The molecule has 168 valence electrons. The summed E-state index contributed by atoms with van der Waals surface area (Å²) in [5.41, 5.74) is 1.65. The van der Waals surface area contributed by atoms with Crippen LogP contribution < -0.4 is 5.32 Å². The van der Waals surface area contributed by atoms with Crippen LogP contribution in [0.1, 0.15) is 26.5 Å². The average Bonchev–Trinajstić information content (AvgIpc) is 3.21. The van der Waals surface area contributed by atoms with E-state index in [-0.39, 0.29) is 34.3 Å². The Bertz CT molecular complexity index is 1440. The second-order valence-corrected chi connectivity index (χ2v) is 9.74. The lowest BCUT2D eigenvalue weighted by atomic mass is 10.1. The third-order valence-corrected chi connectivity index (χ3v) is 7.01. The SMILES string of the molecule is CN(C)S(=O)(=O)c1cccc(C(=O)CNc2c(C(=O)c3ccccc3)oc3ccccc23)c1. The van der Waals surface area contributed by atoms with Gasteiger partial charge in [0.15, 0.2) is 11.5 Å². The minimum Gasteiger partial charge on any atom is -0.450 e. The smallest absolute Gasteiger partial charge is 0.242 e. The molecule has 8 heteroatoms. The van der Waals surface area contributed by atoms with E-state index in [4.69, 9.17) is 4.42 Å². The number of hydrogen-bond acceptors (Lipinski definition) is 6. The maximum atomic E-state index is 13.1. The highest BCUT2D eigenvalue weighted by molar-refractivity contribution is 7.89. The first-order valence-electron chi connectivity index (χ1n) is 10.2. The molecule has 0 saturated heterocycles. The number of nitrogens with zero attached hydrogens (tertiary/aromatic N) is 1. The third kappa shape index (κ3) is 4.44. The molecule has 0 unspecified atom stereocenters. The highest BCUT2D eigenvalue weighted by Gasteiger charge is 2.23. The Morgan fingerprint density at radius 3 is 2.27 bits per heavy atom. The Hall–Kier alpha value is -3.75. The first-order chi connectivity index (χ1) is 15.8. The molecule has 0 aliphatic heterocycles. The topological polar surface area (TPSA) is 96.7 Å². The zero-order valence-corrected chi connectivity index (χ0v) is 18.9. The number of hydrogen-bond donors (Lipinski definition) is 1. The lowest BCUT2D eigenvalue weighted by Crippen LogP contribution is -2.23. The van der Waals surface area contributed by atoms with E-state index in [0.29, 0.717) is 22.2 Å². The van der Waals surface area contributed by atoms with Crippen molar-refractivity contribution < 1.29 is 22.4 Å². The molecule has 0 bridgehead atoms. The quantitative estimate of drug-likeness (QED) is 0.394. The van der Waals surface area contributed by atoms with Gasteiger partial charge in [-0.2, -0.15) is 0 Å². The molecule has 4 rings (SSSR count). The lowest BCUT2D eigenvalue weighted by Gasteiger charge is -2.12. The van der Waals surface area contributed by atoms with Crippen molar-refractivity contribution in [2.24, 2.45) is 0 Å². The number of fused-ring (bicyclic) bond motifs is 1. The van der Waals surface area contributed by atoms with Crippen LogP contribution in [0.5, 0.6) is 0 Å². The van der Waals surface area contributed by atoms with E-state index < -0.39 is 10.0 Å². The van der Waals surface area contributed by atoms with Gasteiger partial charge in [0.2, 0.25) is 15.8 Å². The van der Waals surface area contributed by atoms with Crippen molar-refractivity contribution in [1.29, 1.82) is 0 Å². The molecule has 0 saturated carbocycles. The molecule has 0 fully saturated rings. The maximum absolute atomic E-state index is 13.1. The number of nitrogens with one attached hydrogen (secondary N) is 1. The Balaban J connectivity index is 1.64. The second kappa shape index (κ2) is 9.01. The van der Waals surface area contributed by atoms with Gasteiger partial charge in [-0.05, 0) is 24.3 Å². The highest BCUT2D eigenvalue weighted by Crippen LogP contribution is 2.32. The predicted octanol–water partition coefficient (Wildman–Crippen LogP) is 4.21. The summed E-state index contributed by atoms with van der Waals surface area (Å²) < 4.78 is 31.7. The van der Waals surface area contributed by atoms with Crippen LogP contribution in [0.15, 0.2) is 88.2 Å². The van der Waals surface area contributed by atoms with E-state index >= 15 is 0 Å². The predicted molar refractivity (Wildman–Crippen MR) is 126 cm³/mol. The third-order valence-electron chi connectivity index (χ3n) is 5.20.